The van der Waals surface area contributed by atoms with Crippen LogP contribution in [0.3, 0.4) is 0 Å². The van der Waals surface area contributed by atoms with Crippen molar-refractivity contribution < 1.29 is 4.74 Å². The van der Waals surface area contributed by atoms with Gasteiger partial charge in [-0.2, -0.15) is 0 Å². The molecule has 2 nitrogen and oxygen atoms in total. The van der Waals surface area contributed by atoms with Gasteiger partial charge in [-0.05, 0) is 61.9 Å². The molecule has 0 saturated heterocycles. The largest absolute Gasteiger partial charge is 0.492 e. The fourth-order valence-corrected chi connectivity index (χ4v) is 6.54. The number of nitrogens with one attached hydrogen (secondary N) is 1. The van der Waals surface area contributed by atoms with E-state index in [4.69, 9.17) is 4.74 Å². The Morgan fingerprint density at radius 1 is 0.743 bits per heavy atom. The molecule has 1 atom stereocenters. The average Bonchev–Trinajstić information content (AvgIpc) is 3.68. The highest BCUT2D eigenvalue weighted by Crippen LogP contribution is 2.74. The zero-order chi connectivity index (χ0) is 24.0. The van der Waals surface area contributed by atoms with Crippen molar-refractivity contribution in [3.05, 3.63) is 130 Å². The van der Waals surface area contributed by atoms with Crippen LogP contribution in [0.1, 0.15) is 59.2 Å². The molecular formula is C33H33NO. The fourth-order valence-electron chi connectivity index (χ4n) is 6.54. The molecule has 0 bridgehead atoms. The third-order valence-corrected chi connectivity index (χ3v) is 8.21. The SMILES string of the molecule is CCOc1cccc2c1NC(c1ccccc1)C1(CC1)C2(c1ccc(C)cc1)c1ccc(C)cc1. The number of benzene rings is 4. The zero-order valence-corrected chi connectivity index (χ0v) is 20.8. The van der Waals surface area contributed by atoms with Gasteiger partial charge in [-0.15, -0.1) is 0 Å². The summed E-state index contributed by atoms with van der Waals surface area (Å²) in [5.74, 6) is 0.935. The summed E-state index contributed by atoms with van der Waals surface area (Å²) in [6, 6.07) is 36.3. The Morgan fingerprint density at radius 3 is 1.89 bits per heavy atom. The molecule has 1 N–H and O–H groups in total. The second-order valence-electron chi connectivity index (χ2n) is 10.2. The van der Waals surface area contributed by atoms with Gasteiger partial charge in [0.05, 0.1) is 23.8 Å². The summed E-state index contributed by atoms with van der Waals surface area (Å²) < 4.78 is 6.22. The fraction of sp³-hybridized carbons (Fsp3) is 0.273. The minimum Gasteiger partial charge on any atom is -0.492 e. The molecule has 1 unspecified atom stereocenters. The number of para-hydroxylation sites is 1. The molecule has 1 fully saturated rings. The molecule has 4 aromatic carbocycles. The molecule has 2 aliphatic rings. The molecule has 35 heavy (non-hydrogen) atoms. The van der Waals surface area contributed by atoms with Gasteiger partial charge in [-0.1, -0.05) is 102 Å². The third-order valence-electron chi connectivity index (χ3n) is 8.21. The van der Waals surface area contributed by atoms with E-state index >= 15 is 0 Å². The molecule has 1 aliphatic carbocycles. The first-order valence-electron chi connectivity index (χ1n) is 12.8. The Kier molecular flexibility index (Phi) is 5.21. The van der Waals surface area contributed by atoms with Crippen molar-refractivity contribution >= 4 is 5.69 Å². The molecule has 1 aliphatic heterocycles. The highest BCUT2D eigenvalue weighted by Gasteiger charge is 2.68. The van der Waals surface area contributed by atoms with E-state index < -0.39 is 0 Å². The van der Waals surface area contributed by atoms with Gasteiger partial charge in [0.1, 0.15) is 5.75 Å². The molecule has 2 heteroatoms. The normalized spacial score (nSPS) is 19.0. The van der Waals surface area contributed by atoms with Crippen LogP contribution in [0.15, 0.2) is 97.1 Å². The van der Waals surface area contributed by atoms with Crippen LogP contribution in [0.5, 0.6) is 5.75 Å². The van der Waals surface area contributed by atoms with Crippen molar-refractivity contribution in [2.75, 3.05) is 11.9 Å². The van der Waals surface area contributed by atoms with Crippen LogP contribution in [-0.4, -0.2) is 6.61 Å². The summed E-state index contributed by atoms with van der Waals surface area (Å²) in [6.07, 6.45) is 2.33. The number of rotatable bonds is 5. The summed E-state index contributed by atoms with van der Waals surface area (Å²) in [7, 11) is 0. The summed E-state index contributed by atoms with van der Waals surface area (Å²) in [4.78, 5) is 0. The van der Waals surface area contributed by atoms with Gasteiger partial charge < -0.3 is 10.1 Å². The topological polar surface area (TPSA) is 21.3 Å². The maximum absolute atomic E-state index is 6.22. The summed E-state index contributed by atoms with van der Waals surface area (Å²) in [5, 5.41) is 4.01. The van der Waals surface area contributed by atoms with E-state index in [-0.39, 0.29) is 16.9 Å². The second-order valence-corrected chi connectivity index (χ2v) is 10.2. The molecule has 6 rings (SSSR count). The Morgan fingerprint density at radius 2 is 1.34 bits per heavy atom. The first-order chi connectivity index (χ1) is 17.1. The van der Waals surface area contributed by atoms with Crippen LogP contribution < -0.4 is 10.1 Å². The first kappa shape index (κ1) is 22.0. The lowest BCUT2D eigenvalue weighted by Gasteiger charge is -2.52. The predicted octanol–water partition coefficient (Wildman–Crippen LogP) is 7.98. The van der Waals surface area contributed by atoms with Gasteiger partial charge in [0, 0.05) is 5.41 Å². The molecular weight excluding hydrogens is 426 g/mol. The van der Waals surface area contributed by atoms with Gasteiger partial charge in [-0.25, -0.2) is 0 Å². The number of ether oxygens (including phenoxy) is 1. The Hall–Kier alpha value is -3.52. The lowest BCUT2D eigenvalue weighted by molar-refractivity contribution is 0.280. The molecule has 0 radical (unpaired) electrons. The van der Waals surface area contributed by atoms with E-state index in [2.05, 4.69) is 123 Å². The second kappa shape index (κ2) is 8.30. The van der Waals surface area contributed by atoms with Crippen molar-refractivity contribution in [3.8, 4) is 5.75 Å². The highest BCUT2D eigenvalue weighted by atomic mass is 16.5. The monoisotopic (exact) mass is 459 g/mol. The Labute approximate surface area is 209 Å². The third kappa shape index (κ3) is 3.23. The van der Waals surface area contributed by atoms with Crippen LogP contribution in [0.2, 0.25) is 0 Å². The number of hydrogen-bond acceptors (Lipinski definition) is 2. The van der Waals surface area contributed by atoms with E-state index in [0.717, 1.165) is 11.4 Å². The zero-order valence-electron chi connectivity index (χ0n) is 20.8. The minimum absolute atomic E-state index is 0.0245. The van der Waals surface area contributed by atoms with E-state index in [1.807, 2.05) is 0 Å². The van der Waals surface area contributed by atoms with Gasteiger partial charge in [-0.3, -0.25) is 0 Å². The standard InChI is InChI=1S/C33H33NO/c1-4-35-29-12-8-11-28-30(29)34-31(25-9-6-5-7-10-25)32(21-22-32)33(28,26-17-13-23(2)14-18-26)27-19-15-24(3)16-20-27/h5-20,31,34H,4,21-22H2,1-3H3. The van der Waals surface area contributed by atoms with E-state index in [1.165, 1.54) is 46.2 Å². The average molecular weight is 460 g/mol. The van der Waals surface area contributed by atoms with Crippen LogP contribution in [0, 0.1) is 19.3 Å². The molecule has 4 aromatic rings. The predicted molar refractivity (Wildman–Crippen MR) is 144 cm³/mol. The molecule has 0 aromatic heterocycles. The van der Waals surface area contributed by atoms with Gasteiger partial charge >= 0.3 is 0 Å². The van der Waals surface area contributed by atoms with Crippen LogP contribution in [-0.2, 0) is 5.41 Å². The quantitative estimate of drug-likeness (QED) is 0.327. The van der Waals surface area contributed by atoms with Crippen molar-refractivity contribution in [1.82, 2.24) is 0 Å². The van der Waals surface area contributed by atoms with Crippen molar-refractivity contribution in [1.29, 1.82) is 0 Å². The lowest BCUT2D eigenvalue weighted by atomic mass is 9.54. The maximum Gasteiger partial charge on any atom is 0.142 e. The lowest BCUT2D eigenvalue weighted by Crippen LogP contribution is -2.48. The summed E-state index contributed by atoms with van der Waals surface area (Å²) in [6.45, 7) is 7.05. The number of hydrogen-bond donors (Lipinski definition) is 1. The summed E-state index contributed by atoms with van der Waals surface area (Å²) >= 11 is 0. The molecule has 1 heterocycles. The maximum atomic E-state index is 6.22. The van der Waals surface area contributed by atoms with Gasteiger partial charge in [0.2, 0.25) is 0 Å². The van der Waals surface area contributed by atoms with E-state index in [9.17, 15) is 0 Å². The number of aryl methyl sites for hydroxylation is 2. The molecule has 176 valence electrons. The molecule has 1 spiro atoms. The smallest absolute Gasteiger partial charge is 0.142 e. The van der Waals surface area contributed by atoms with E-state index in [1.54, 1.807) is 0 Å². The number of anilines is 1. The first-order valence-corrected chi connectivity index (χ1v) is 12.8. The Bertz CT molecular complexity index is 1290. The van der Waals surface area contributed by atoms with E-state index in [0.29, 0.717) is 6.61 Å². The molecule has 1 saturated carbocycles. The molecule has 0 amide bonds. The Balaban J connectivity index is 1.73. The van der Waals surface area contributed by atoms with Crippen molar-refractivity contribution in [3.63, 3.8) is 0 Å². The van der Waals surface area contributed by atoms with Crippen LogP contribution in [0.4, 0.5) is 5.69 Å². The van der Waals surface area contributed by atoms with Crippen LogP contribution in [0.25, 0.3) is 0 Å². The number of fused-ring (bicyclic) bond motifs is 1. The summed E-state index contributed by atoms with van der Waals surface area (Å²) in [5.41, 5.74) is 8.82. The van der Waals surface area contributed by atoms with Crippen molar-refractivity contribution in [2.24, 2.45) is 5.41 Å². The van der Waals surface area contributed by atoms with Gasteiger partial charge in [0.25, 0.3) is 0 Å². The highest BCUT2D eigenvalue weighted by molar-refractivity contribution is 5.75. The van der Waals surface area contributed by atoms with Gasteiger partial charge in [0.15, 0.2) is 0 Å². The van der Waals surface area contributed by atoms with Crippen LogP contribution >= 0.6 is 0 Å². The minimum atomic E-state index is -0.289. The van der Waals surface area contributed by atoms with Crippen molar-refractivity contribution in [2.45, 2.75) is 45.1 Å².